The first-order valence-corrected chi connectivity index (χ1v) is 7.74. The highest BCUT2D eigenvalue weighted by atomic mass is 16.6. The summed E-state index contributed by atoms with van der Waals surface area (Å²) >= 11 is 0. The van der Waals surface area contributed by atoms with Gasteiger partial charge in [-0.25, -0.2) is 0 Å². The van der Waals surface area contributed by atoms with Crippen molar-refractivity contribution in [3.63, 3.8) is 0 Å². The number of non-ortho nitro benzene ring substituents is 1. The van der Waals surface area contributed by atoms with Gasteiger partial charge < -0.3 is 10.2 Å². The number of aryl methyl sites for hydroxylation is 1. The summed E-state index contributed by atoms with van der Waals surface area (Å²) in [5.74, 6) is -0.113. The molecule has 0 aliphatic carbocycles. The number of rotatable bonds is 3. The number of amides is 1. The van der Waals surface area contributed by atoms with Gasteiger partial charge in [0.2, 0.25) is 0 Å². The van der Waals surface area contributed by atoms with Crippen LogP contribution in [0.3, 0.4) is 0 Å². The maximum absolute atomic E-state index is 13.0. The second-order valence-corrected chi connectivity index (χ2v) is 5.76. The van der Waals surface area contributed by atoms with Crippen molar-refractivity contribution in [3.8, 4) is 0 Å². The molecule has 1 aliphatic rings. The van der Waals surface area contributed by atoms with Crippen LogP contribution < -0.4 is 5.32 Å². The Morgan fingerprint density at radius 3 is 2.92 bits per heavy atom. The van der Waals surface area contributed by atoms with Gasteiger partial charge in [-0.3, -0.25) is 19.9 Å². The van der Waals surface area contributed by atoms with Gasteiger partial charge in [-0.05, 0) is 30.2 Å². The lowest BCUT2D eigenvalue weighted by Crippen LogP contribution is -2.48. The molecule has 2 aromatic rings. The zero-order valence-electron chi connectivity index (χ0n) is 13.3. The highest BCUT2D eigenvalue weighted by Gasteiger charge is 2.29. The summed E-state index contributed by atoms with van der Waals surface area (Å²) in [7, 11) is 0. The summed E-state index contributed by atoms with van der Waals surface area (Å²) in [5.41, 5.74) is 2.07. The number of nitro groups is 1. The van der Waals surface area contributed by atoms with Gasteiger partial charge in [-0.1, -0.05) is 6.07 Å². The van der Waals surface area contributed by atoms with Crippen LogP contribution in [0.2, 0.25) is 0 Å². The lowest BCUT2D eigenvalue weighted by atomic mass is 10.0. The molecule has 2 heterocycles. The van der Waals surface area contributed by atoms with Gasteiger partial charge >= 0.3 is 0 Å². The minimum atomic E-state index is -0.454. The average Bonchev–Trinajstić information content (AvgIpc) is 2.61. The number of carbonyl (C=O) groups excluding carboxylic acids is 1. The maximum atomic E-state index is 13.0. The van der Waals surface area contributed by atoms with Crippen LogP contribution in [-0.2, 0) is 0 Å². The number of benzene rings is 1. The molecule has 124 valence electrons. The third kappa shape index (κ3) is 3.11. The van der Waals surface area contributed by atoms with Crippen LogP contribution in [0.1, 0.15) is 27.5 Å². The first kappa shape index (κ1) is 16.1. The van der Waals surface area contributed by atoms with E-state index in [2.05, 4.69) is 10.3 Å². The van der Waals surface area contributed by atoms with Crippen LogP contribution in [0.15, 0.2) is 42.7 Å². The summed E-state index contributed by atoms with van der Waals surface area (Å²) in [4.78, 5) is 29.3. The molecule has 1 aromatic heterocycles. The molecule has 7 nitrogen and oxygen atoms in total. The van der Waals surface area contributed by atoms with Crippen LogP contribution in [-0.4, -0.2) is 40.3 Å². The largest absolute Gasteiger partial charge is 0.329 e. The van der Waals surface area contributed by atoms with E-state index >= 15 is 0 Å². The Hall–Kier alpha value is -2.80. The quantitative estimate of drug-likeness (QED) is 0.689. The zero-order chi connectivity index (χ0) is 17.1. The number of nitrogens with one attached hydrogen (secondary N) is 1. The van der Waals surface area contributed by atoms with Crippen LogP contribution in [0, 0.1) is 17.0 Å². The zero-order valence-corrected chi connectivity index (χ0v) is 13.3. The van der Waals surface area contributed by atoms with Gasteiger partial charge in [0.1, 0.15) is 0 Å². The van der Waals surface area contributed by atoms with E-state index in [1.807, 2.05) is 17.0 Å². The molecule has 0 bridgehead atoms. The Labute approximate surface area is 139 Å². The molecule has 0 spiro atoms. The lowest BCUT2D eigenvalue weighted by molar-refractivity contribution is -0.384. The van der Waals surface area contributed by atoms with E-state index < -0.39 is 4.92 Å². The first-order valence-electron chi connectivity index (χ1n) is 7.74. The van der Waals surface area contributed by atoms with Crippen molar-refractivity contribution in [2.24, 2.45) is 0 Å². The van der Waals surface area contributed by atoms with Gasteiger partial charge in [0, 0.05) is 49.7 Å². The summed E-state index contributed by atoms with van der Waals surface area (Å²) in [6, 6.07) is 8.06. The molecular weight excluding hydrogens is 308 g/mol. The number of nitrogens with zero attached hydrogens (tertiary/aromatic N) is 3. The maximum Gasteiger partial charge on any atom is 0.269 e. The monoisotopic (exact) mass is 326 g/mol. The summed E-state index contributed by atoms with van der Waals surface area (Å²) in [6.07, 6.45) is 3.47. The van der Waals surface area contributed by atoms with Crippen molar-refractivity contribution in [2.75, 3.05) is 19.6 Å². The van der Waals surface area contributed by atoms with Crippen molar-refractivity contribution in [1.29, 1.82) is 0 Å². The van der Waals surface area contributed by atoms with Crippen molar-refractivity contribution in [2.45, 2.75) is 13.0 Å². The first-order chi connectivity index (χ1) is 11.6. The Morgan fingerprint density at radius 1 is 1.42 bits per heavy atom. The van der Waals surface area contributed by atoms with Crippen LogP contribution in [0.25, 0.3) is 0 Å². The smallest absolute Gasteiger partial charge is 0.269 e. The van der Waals surface area contributed by atoms with E-state index in [9.17, 15) is 14.9 Å². The summed E-state index contributed by atoms with van der Waals surface area (Å²) in [5, 5.41) is 14.2. The van der Waals surface area contributed by atoms with E-state index in [4.69, 9.17) is 0 Å². The van der Waals surface area contributed by atoms with E-state index in [0.717, 1.165) is 5.56 Å². The van der Waals surface area contributed by atoms with Crippen LogP contribution in [0.4, 0.5) is 5.69 Å². The second kappa shape index (κ2) is 6.76. The average molecular weight is 326 g/mol. The molecule has 1 saturated heterocycles. The molecule has 1 fully saturated rings. The van der Waals surface area contributed by atoms with Crippen molar-refractivity contribution in [3.05, 3.63) is 69.5 Å². The van der Waals surface area contributed by atoms with Gasteiger partial charge in [-0.2, -0.15) is 0 Å². The molecular formula is C17H18N4O3. The van der Waals surface area contributed by atoms with Crippen LogP contribution in [0.5, 0.6) is 0 Å². The summed E-state index contributed by atoms with van der Waals surface area (Å²) < 4.78 is 0. The fourth-order valence-corrected chi connectivity index (χ4v) is 2.97. The minimum absolute atomic E-state index is 0.00632. The van der Waals surface area contributed by atoms with Crippen molar-refractivity contribution < 1.29 is 9.72 Å². The Bertz CT molecular complexity index is 764. The van der Waals surface area contributed by atoms with Crippen molar-refractivity contribution in [1.82, 2.24) is 15.2 Å². The molecule has 1 unspecified atom stereocenters. The highest BCUT2D eigenvalue weighted by Crippen LogP contribution is 2.26. The molecule has 1 N–H and O–H groups in total. The number of nitro benzene ring substituents is 1. The predicted octanol–water partition coefficient (Wildman–Crippen LogP) is 2.08. The molecule has 7 heteroatoms. The van der Waals surface area contributed by atoms with Gasteiger partial charge in [0.15, 0.2) is 0 Å². The summed E-state index contributed by atoms with van der Waals surface area (Å²) in [6.45, 7) is 3.67. The molecule has 1 aliphatic heterocycles. The van der Waals surface area contributed by atoms with E-state index in [-0.39, 0.29) is 17.6 Å². The highest BCUT2D eigenvalue weighted by molar-refractivity contribution is 5.96. The predicted molar refractivity (Wildman–Crippen MR) is 88.7 cm³/mol. The molecule has 3 rings (SSSR count). The number of piperazine rings is 1. The lowest BCUT2D eigenvalue weighted by Gasteiger charge is -2.36. The van der Waals surface area contributed by atoms with Crippen molar-refractivity contribution >= 4 is 11.6 Å². The third-order valence-corrected chi connectivity index (χ3v) is 4.22. The van der Waals surface area contributed by atoms with Gasteiger partial charge in [0.25, 0.3) is 11.6 Å². The number of carbonyl (C=O) groups is 1. The Balaban J connectivity index is 1.91. The molecule has 0 radical (unpaired) electrons. The molecule has 1 amide bonds. The molecule has 1 atom stereocenters. The second-order valence-electron chi connectivity index (χ2n) is 5.76. The number of aromatic nitrogens is 1. The fourth-order valence-electron chi connectivity index (χ4n) is 2.97. The van der Waals surface area contributed by atoms with Gasteiger partial charge in [-0.15, -0.1) is 0 Å². The standard InChI is InChI=1S/C17H18N4O3/c1-12-9-14(21(23)24)4-5-15(12)17(22)20-8-7-19-11-16(20)13-3-2-6-18-10-13/h2-6,9-10,16,19H,7-8,11H2,1H3. The number of pyridine rings is 1. The van der Waals surface area contributed by atoms with E-state index in [1.54, 1.807) is 19.3 Å². The number of hydrogen-bond donors (Lipinski definition) is 1. The Morgan fingerprint density at radius 2 is 2.25 bits per heavy atom. The molecule has 24 heavy (non-hydrogen) atoms. The van der Waals surface area contributed by atoms with Crippen LogP contribution >= 0.6 is 0 Å². The SMILES string of the molecule is Cc1cc([N+](=O)[O-])ccc1C(=O)N1CCNCC1c1cccnc1. The minimum Gasteiger partial charge on any atom is -0.329 e. The van der Waals surface area contributed by atoms with Gasteiger partial charge in [0.05, 0.1) is 11.0 Å². The fraction of sp³-hybridized carbons (Fsp3) is 0.294. The topological polar surface area (TPSA) is 88.4 Å². The van der Waals surface area contributed by atoms with E-state index in [0.29, 0.717) is 30.8 Å². The normalized spacial score (nSPS) is 17.5. The molecule has 1 aromatic carbocycles. The van der Waals surface area contributed by atoms with E-state index in [1.165, 1.54) is 18.2 Å². The number of hydrogen-bond acceptors (Lipinski definition) is 5. The molecule has 0 saturated carbocycles. The third-order valence-electron chi connectivity index (χ3n) is 4.22. The Kier molecular flexibility index (Phi) is 4.52.